The monoisotopic (exact) mass is 401 g/mol. The van der Waals surface area contributed by atoms with E-state index in [9.17, 15) is 9.59 Å². The van der Waals surface area contributed by atoms with Gasteiger partial charge in [-0.25, -0.2) is 4.79 Å². The van der Waals surface area contributed by atoms with Crippen molar-refractivity contribution in [3.63, 3.8) is 0 Å². The largest absolute Gasteiger partial charge is 0.497 e. The van der Waals surface area contributed by atoms with Crippen LogP contribution in [0.3, 0.4) is 0 Å². The maximum absolute atomic E-state index is 12.5. The van der Waals surface area contributed by atoms with Gasteiger partial charge in [0, 0.05) is 19.2 Å². The first-order valence-corrected chi connectivity index (χ1v) is 9.10. The van der Waals surface area contributed by atoms with Crippen molar-refractivity contribution in [3.05, 3.63) is 47.5 Å². The van der Waals surface area contributed by atoms with E-state index in [2.05, 4.69) is 0 Å². The fraction of sp³-hybridized carbons (Fsp3) is 0.333. The molecule has 0 radical (unpaired) electrons. The summed E-state index contributed by atoms with van der Waals surface area (Å²) in [6.45, 7) is 2.53. The Hall–Kier alpha value is -3.42. The number of methoxy groups -OCH3 is 2. The first-order valence-electron chi connectivity index (χ1n) is 9.10. The average Bonchev–Trinajstić information content (AvgIpc) is 3.22. The molecular weight excluding hydrogens is 378 g/mol. The van der Waals surface area contributed by atoms with Crippen molar-refractivity contribution in [3.8, 4) is 23.0 Å². The smallest absolute Gasteiger partial charge is 0.338 e. The highest BCUT2D eigenvalue weighted by atomic mass is 16.7. The van der Waals surface area contributed by atoms with Gasteiger partial charge in [0.25, 0.3) is 5.91 Å². The molecule has 1 amide bonds. The third kappa shape index (κ3) is 4.90. The van der Waals surface area contributed by atoms with Crippen LogP contribution < -0.4 is 18.9 Å². The highest BCUT2D eigenvalue weighted by molar-refractivity contribution is 5.92. The van der Waals surface area contributed by atoms with E-state index in [1.807, 2.05) is 25.1 Å². The number of fused-ring (bicyclic) bond motifs is 1. The molecule has 0 spiro atoms. The molecule has 2 aromatic carbocycles. The van der Waals surface area contributed by atoms with Crippen LogP contribution in [-0.4, -0.2) is 50.9 Å². The maximum Gasteiger partial charge on any atom is 0.338 e. The second-order valence-corrected chi connectivity index (χ2v) is 6.27. The zero-order valence-corrected chi connectivity index (χ0v) is 16.6. The first kappa shape index (κ1) is 20.3. The van der Waals surface area contributed by atoms with Crippen LogP contribution in [0.15, 0.2) is 36.4 Å². The van der Waals surface area contributed by atoms with E-state index in [-0.39, 0.29) is 24.9 Å². The van der Waals surface area contributed by atoms with E-state index in [0.717, 1.165) is 5.56 Å². The molecule has 8 nitrogen and oxygen atoms in total. The molecule has 0 saturated carbocycles. The molecule has 0 atom stereocenters. The van der Waals surface area contributed by atoms with Gasteiger partial charge in [-0.15, -0.1) is 0 Å². The molecule has 29 heavy (non-hydrogen) atoms. The fourth-order valence-corrected chi connectivity index (χ4v) is 2.86. The summed E-state index contributed by atoms with van der Waals surface area (Å²) in [6.07, 6.45) is 0. The van der Waals surface area contributed by atoms with Crippen LogP contribution in [0.2, 0.25) is 0 Å². The molecule has 1 heterocycles. The van der Waals surface area contributed by atoms with Gasteiger partial charge in [0.2, 0.25) is 6.79 Å². The van der Waals surface area contributed by atoms with E-state index in [1.54, 1.807) is 11.0 Å². The minimum Gasteiger partial charge on any atom is -0.497 e. The number of hydrogen-bond donors (Lipinski definition) is 0. The number of hydrogen-bond acceptors (Lipinski definition) is 7. The number of nitrogens with zero attached hydrogens (tertiary/aromatic N) is 1. The zero-order chi connectivity index (χ0) is 20.8. The summed E-state index contributed by atoms with van der Waals surface area (Å²) < 4.78 is 26.1. The van der Waals surface area contributed by atoms with Crippen LogP contribution in [-0.2, 0) is 16.1 Å². The Morgan fingerprint density at radius 1 is 1.00 bits per heavy atom. The van der Waals surface area contributed by atoms with Crippen molar-refractivity contribution in [1.82, 2.24) is 4.90 Å². The van der Waals surface area contributed by atoms with Crippen molar-refractivity contribution in [2.24, 2.45) is 0 Å². The van der Waals surface area contributed by atoms with Crippen LogP contribution in [0.4, 0.5) is 0 Å². The molecule has 3 rings (SSSR count). The third-order valence-electron chi connectivity index (χ3n) is 4.46. The molecule has 0 fully saturated rings. The van der Waals surface area contributed by atoms with Crippen molar-refractivity contribution < 1.29 is 33.3 Å². The van der Waals surface area contributed by atoms with Gasteiger partial charge in [-0.2, -0.15) is 0 Å². The second-order valence-electron chi connectivity index (χ2n) is 6.27. The summed E-state index contributed by atoms with van der Waals surface area (Å²) in [7, 11) is 2.98. The van der Waals surface area contributed by atoms with Gasteiger partial charge in [0.15, 0.2) is 18.1 Å². The number of amides is 1. The van der Waals surface area contributed by atoms with Crippen LogP contribution in [0.5, 0.6) is 23.0 Å². The molecule has 154 valence electrons. The number of rotatable bonds is 8. The number of carbonyl (C=O) groups is 2. The number of ether oxygens (including phenoxy) is 5. The molecule has 0 aliphatic carbocycles. The minimum absolute atomic E-state index is 0.195. The fourth-order valence-electron chi connectivity index (χ4n) is 2.86. The molecule has 0 saturated heterocycles. The molecule has 8 heteroatoms. The lowest BCUT2D eigenvalue weighted by molar-refractivity contribution is -0.134. The molecule has 2 aromatic rings. The van der Waals surface area contributed by atoms with E-state index >= 15 is 0 Å². The van der Waals surface area contributed by atoms with E-state index in [1.165, 1.54) is 26.4 Å². The van der Waals surface area contributed by atoms with Gasteiger partial charge in [-0.1, -0.05) is 6.07 Å². The molecule has 1 aliphatic rings. The van der Waals surface area contributed by atoms with E-state index in [0.29, 0.717) is 36.1 Å². The summed E-state index contributed by atoms with van der Waals surface area (Å²) in [5.41, 5.74) is 1.14. The number of likely N-dealkylation sites (N-methyl/N-ethyl adjacent to an activating group) is 1. The molecule has 1 aliphatic heterocycles. The Kier molecular flexibility index (Phi) is 6.43. The van der Waals surface area contributed by atoms with Crippen molar-refractivity contribution in [2.75, 3.05) is 34.2 Å². The van der Waals surface area contributed by atoms with Crippen LogP contribution >= 0.6 is 0 Å². The SMILES string of the molecule is CCN(Cc1ccc2c(c1)OCO2)C(=O)COC(=O)c1cc(OC)cc(OC)c1. The standard InChI is InChI=1S/C21H23NO7/c1-4-22(11-14-5-6-18-19(7-14)29-13-28-18)20(23)12-27-21(24)15-8-16(25-2)10-17(9-15)26-3/h5-10H,4,11-13H2,1-3H3. The summed E-state index contributed by atoms with van der Waals surface area (Å²) >= 11 is 0. The maximum atomic E-state index is 12.5. The quantitative estimate of drug-likeness (QED) is 0.629. The van der Waals surface area contributed by atoms with Crippen molar-refractivity contribution in [2.45, 2.75) is 13.5 Å². The number of carbonyl (C=O) groups excluding carboxylic acids is 2. The lowest BCUT2D eigenvalue weighted by atomic mass is 10.2. The third-order valence-corrected chi connectivity index (χ3v) is 4.46. The Morgan fingerprint density at radius 3 is 2.34 bits per heavy atom. The summed E-state index contributed by atoms with van der Waals surface area (Å²) in [4.78, 5) is 26.5. The Morgan fingerprint density at radius 2 is 1.69 bits per heavy atom. The molecule has 0 aromatic heterocycles. The molecule has 0 bridgehead atoms. The Balaban J connectivity index is 1.60. The molecular formula is C21H23NO7. The Labute approximate surface area is 168 Å². The van der Waals surface area contributed by atoms with Gasteiger partial charge in [-0.05, 0) is 36.8 Å². The van der Waals surface area contributed by atoms with Gasteiger partial charge >= 0.3 is 5.97 Å². The van der Waals surface area contributed by atoms with Gasteiger partial charge in [0.1, 0.15) is 11.5 Å². The first-order chi connectivity index (χ1) is 14.0. The van der Waals surface area contributed by atoms with E-state index < -0.39 is 5.97 Å². The summed E-state index contributed by atoms with van der Waals surface area (Å²) in [6, 6.07) is 10.2. The molecule has 0 N–H and O–H groups in total. The van der Waals surface area contributed by atoms with Gasteiger partial charge < -0.3 is 28.6 Å². The van der Waals surface area contributed by atoms with Crippen molar-refractivity contribution in [1.29, 1.82) is 0 Å². The van der Waals surface area contributed by atoms with Crippen LogP contribution in [0.25, 0.3) is 0 Å². The highest BCUT2D eigenvalue weighted by Crippen LogP contribution is 2.32. The van der Waals surface area contributed by atoms with E-state index in [4.69, 9.17) is 23.7 Å². The lowest BCUT2D eigenvalue weighted by Crippen LogP contribution is -2.34. The predicted octanol–water partition coefficient (Wildman–Crippen LogP) is 2.64. The lowest BCUT2D eigenvalue weighted by Gasteiger charge is -2.21. The van der Waals surface area contributed by atoms with Gasteiger partial charge in [-0.3, -0.25) is 4.79 Å². The second kappa shape index (κ2) is 9.18. The van der Waals surface area contributed by atoms with Gasteiger partial charge in [0.05, 0.1) is 19.8 Å². The highest BCUT2D eigenvalue weighted by Gasteiger charge is 2.19. The zero-order valence-electron chi connectivity index (χ0n) is 16.6. The number of benzene rings is 2. The normalized spacial score (nSPS) is 11.7. The number of esters is 1. The molecule has 0 unspecified atom stereocenters. The predicted molar refractivity (Wildman–Crippen MR) is 103 cm³/mol. The summed E-state index contributed by atoms with van der Waals surface area (Å²) in [5, 5.41) is 0. The Bertz CT molecular complexity index is 874. The topological polar surface area (TPSA) is 83.5 Å². The summed E-state index contributed by atoms with van der Waals surface area (Å²) in [5.74, 6) is 1.33. The van der Waals surface area contributed by atoms with Crippen molar-refractivity contribution >= 4 is 11.9 Å². The van der Waals surface area contributed by atoms with Crippen LogP contribution in [0.1, 0.15) is 22.8 Å². The minimum atomic E-state index is -0.630. The van der Waals surface area contributed by atoms with Crippen LogP contribution in [0, 0.1) is 0 Å². The average molecular weight is 401 g/mol.